The lowest BCUT2D eigenvalue weighted by atomic mass is 10.1. The fraction of sp³-hybridized carbons (Fsp3) is 0.125. The van der Waals surface area contributed by atoms with Gasteiger partial charge in [0.2, 0.25) is 0 Å². The van der Waals surface area contributed by atoms with Gasteiger partial charge in [-0.25, -0.2) is 5.43 Å². The zero-order valence-electron chi connectivity index (χ0n) is 11.8. The van der Waals surface area contributed by atoms with Gasteiger partial charge in [0.05, 0.1) is 5.71 Å². The van der Waals surface area contributed by atoms with Gasteiger partial charge in [0.15, 0.2) is 6.61 Å². The Labute approximate surface area is 142 Å². The second-order valence-corrected chi connectivity index (χ2v) is 5.84. The number of carbonyl (C=O) groups is 1. The molecule has 0 spiro atoms. The van der Waals surface area contributed by atoms with E-state index in [0.29, 0.717) is 16.5 Å². The lowest BCUT2D eigenvalue weighted by Crippen LogP contribution is -2.25. The Morgan fingerprint density at radius 2 is 2.00 bits per heavy atom. The number of hydrogen-bond donors (Lipinski definition) is 1. The lowest BCUT2D eigenvalue weighted by molar-refractivity contribution is -0.123. The molecular weight excluding hydrogens is 368 g/mol. The van der Waals surface area contributed by atoms with Gasteiger partial charge >= 0.3 is 0 Å². The highest BCUT2D eigenvalue weighted by molar-refractivity contribution is 9.10. The largest absolute Gasteiger partial charge is 0.484 e. The number of hydrogen-bond acceptors (Lipinski definition) is 3. The molecule has 1 N–H and O–H groups in total. The summed E-state index contributed by atoms with van der Waals surface area (Å²) in [6, 6.07) is 14.5. The highest BCUT2D eigenvalue weighted by atomic mass is 79.9. The first-order valence-electron chi connectivity index (χ1n) is 6.52. The van der Waals surface area contributed by atoms with Gasteiger partial charge in [0.25, 0.3) is 5.91 Å². The second-order valence-electron chi connectivity index (χ2n) is 4.49. The summed E-state index contributed by atoms with van der Waals surface area (Å²) < 4.78 is 6.29. The molecule has 0 aliphatic rings. The molecule has 2 aromatic rings. The molecule has 0 saturated carbocycles. The summed E-state index contributed by atoms with van der Waals surface area (Å²) >= 11 is 9.17. The number of amides is 1. The number of carbonyl (C=O) groups excluding carboxylic acids is 1. The summed E-state index contributed by atoms with van der Waals surface area (Å²) in [5, 5.41) is 4.67. The number of hydrazone groups is 1. The highest BCUT2D eigenvalue weighted by Crippen LogP contribution is 2.15. The summed E-state index contributed by atoms with van der Waals surface area (Å²) in [6.45, 7) is 1.71. The van der Waals surface area contributed by atoms with Gasteiger partial charge in [-0.3, -0.25) is 4.79 Å². The van der Waals surface area contributed by atoms with Gasteiger partial charge in [-0.15, -0.1) is 0 Å². The molecule has 4 nitrogen and oxygen atoms in total. The summed E-state index contributed by atoms with van der Waals surface area (Å²) in [4.78, 5) is 11.7. The maximum absolute atomic E-state index is 11.7. The topological polar surface area (TPSA) is 50.7 Å². The Morgan fingerprint density at radius 3 is 2.68 bits per heavy atom. The molecule has 6 heteroatoms. The molecule has 2 aromatic carbocycles. The fourth-order valence-electron chi connectivity index (χ4n) is 1.64. The summed E-state index contributed by atoms with van der Waals surface area (Å²) in [5.41, 5.74) is 4.10. The number of rotatable bonds is 5. The average molecular weight is 382 g/mol. The van der Waals surface area contributed by atoms with Crippen molar-refractivity contribution >= 4 is 39.1 Å². The third kappa shape index (κ3) is 5.16. The van der Waals surface area contributed by atoms with E-state index < -0.39 is 0 Å². The minimum absolute atomic E-state index is 0.114. The van der Waals surface area contributed by atoms with Gasteiger partial charge in [-0.1, -0.05) is 39.7 Å². The second kappa shape index (κ2) is 7.96. The average Bonchev–Trinajstić information content (AvgIpc) is 2.52. The van der Waals surface area contributed by atoms with Crippen LogP contribution in [0.2, 0.25) is 5.02 Å². The van der Waals surface area contributed by atoms with Crippen molar-refractivity contribution in [1.82, 2.24) is 5.43 Å². The number of nitrogens with one attached hydrogen (secondary N) is 1. The predicted molar refractivity (Wildman–Crippen MR) is 91.4 cm³/mol. The van der Waals surface area contributed by atoms with Crippen LogP contribution in [-0.4, -0.2) is 18.2 Å². The van der Waals surface area contributed by atoms with E-state index in [1.165, 1.54) is 0 Å². The minimum atomic E-state index is -0.329. The standard InChI is InChI=1S/C16H14BrClN2O2/c1-11(12-3-2-4-13(17)9-12)19-20-16(21)10-22-15-7-5-14(18)6-8-15/h2-9H,10H2,1H3,(H,20,21)/b19-11-. The molecule has 0 aliphatic heterocycles. The van der Waals surface area contributed by atoms with Gasteiger partial charge in [-0.05, 0) is 48.9 Å². The molecule has 114 valence electrons. The SMILES string of the molecule is C/C(=N/NC(=O)COc1ccc(Cl)cc1)c1cccc(Br)c1. The maximum atomic E-state index is 11.7. The molecule has 0 radical (unpaired) electrons. The van der Waals surface area contributed by atoms with Crippen molar-refractivity contribution in [1.29, 1.82) is 0 Å². The molecule has 0 fully saturated rings. The Balaban J connectivity index is 1.86. The van der Waals surface area contributed by atoms with E-state index in [1.807, 2.05) is 31.2 Å². The summed E-state index contributed by atoms with van der Waals surface area (Å²) in [7, 11) is 0. The van der Waals surface area contributed by atoms with Crippen molar-refractivity contribution in [3.05, 3.63) is 63.6 Å². The smallest absolute Gasteiger partial charge is 0.277 e. The van der Waals surface area contributed by atoms with E-state index in [9.17, 15) is 4.79 Å². The van der Waals surface area contributed by atoms with Crippen LogP contribution in [0.4, 0.5) is 0 Å². The van der Waals surface area contributed by atoms with Crippen molar-refractivity contribution in [2.75, 3.05) is 6.61 Å². The molecule has 22 heavy (non-hydrogen) atoms. The minimum Gasteiger partial charge on any atom is -0.484 e. The first-order chi connectivity index (χ1) is 10.5. The van der Waals surface area contributed by atoms with Crippen molar-refractivity contribution in [2.24, 2.45) is 5.10 Å². The van der Waals surface area contributed by atoms with Crippen LogP contribution in [0, 0.1) is 0 Å². The lowest BCUT2D eigenvalue weighted by Gasteiger charge is -2.06. The zero-order chi connectivity index (χ0) is 15.9. The Morgan fingerprint density at radius 1 is 1.27 bits per heavy atom. The van der Waals surface area contributed by atoms with Gasteiger partial charge in [-0.2, -0.15) is 5.10 Å². The Kier molecular flexibility index (Phi) is 5.98. The van der Waals surface area contributed by atoms with Crippen LogP contribution >= 0.6 is 27.5 Å². The molecule has 0 bridgehead atoms. The van der Waals surface area contributed by atoms with Gasteiger partial charge in [0.1, 0.15) is 5.75 Å². The first-order valence-corrected chi connectivity index (χ1v) is 7.69. The molecule has 0 atom stereocenters. The van der Waals surface area contributed by atoms with Crippen LogP contribution in [0.1, 0.15) is 12.5 Å². The summed E-state index contributed by atoms with van der Waals surface area (Å²) in [5.74, 6) is 0.247. The normalized spacial score (nSPS) is 11.1. The Hall–Kier alpha value is -1.85. The molecule has 0 aliphatic carbocycles. The van der Waals surface area contributed by atoms with Crippen LogP contribution < -0.4 is 10.2 Å². The predicted octanol–water partition coefficient (Wildman–Crippen LogP) is 4.02. The van der Waals surface area contributed by atoms with Crippen LogP contribution in [0.3, 0.4) is 0 Å². The van der Waals surface area contributed by atoms with Crippen molar-refractivity contribution in [3.8, 4) is 5.75 Å². The van der Waals surface area contributed by atoms with E-state index >= 15 is 0 Å². The first kappa shape index (κ1) is 16.5. The zero-order valence-corrected chi connectivity index (χ0v) is 14.2. The molecule has 2 rings (SSSR count). The number of nitrogens with zero attached hydrogens (tertiary/aromatic N) is 1. The molecule has 0 heterocycles. The number of ether oxygens (including phenoxy) is 1. The molecule has 0 unspecified atom stereocenters. The van der Waals surface area contributed by atoms with Gasteiger partial charge in [0, 0.05) is 9.50 Å². The van der Waals surface area contributed by atoms with E-state index in [4.69, 9.17) is 16.3 Å². The highest BCUT2D eigenvalue weighted by Gasteiger charge is 2.03. The quantitative estimate of drug-likeness (QED) is 0.628. The van der Waals surface area contributed by atoms with Gasteiger partial charge < -0.3 is 4.74 Å². The van der Waals surface area contributed by atoms with Crippen LogP contribution in [0.15, 0.2) is 58.1 Å². The van der Waals surface area contributed by atoms with Crippen LogP contribution in [-0.2, 0) is 4.79 Å². The van der Waals surface area contributed by atoms with Crippen LogP contribution in [0.25, 0.3) is 0 Å². The summed E-state index contributed by atoms with van der Waals surface area (Å²) in [6.07, 6.45) is 0. The Bertz CT molecular complexity index is 687. The van der Waals surface area contributed by atoms with Crippen molar-refractivity contribution in [2.45, 2.75) is 6.92 Å². The molecule has 0 aromatic heterocycles. The maximum Gasteiger partial charge on any atom is 0.277 e. The number of benzene rings is 2. The van der Waals surface area contributed by atoms with E-state index in [-0.39, 0.29) is 12.5 Å². The van der Waals surface area contributed by atoms with E-state index in [2.05, 4.69) is 26.5 Å². The third-order valence-corrected chi connectivity index (χ3v) is 3.52. The number of halogens is 2. The molecular formula is C16H14BrClN2O2. The van der Waals surface area contributed by atoms with E-state index in [1.54, 1.807) is 24.3 Å². The van der Waals surface area contributed by atoms with Crippen LogP contribution in [0.5, 0.6) is 5.75 Å². The monoisotopic (exact) mass is 380 g/mol. The molecule has 1 amide bonds. The van der Waals surface area contributed by atoms with E-state index in [0.717, 1.165) is 10.0 Å². The fourth-order valence-corrected chi connectivity index (χ4v) is 2.16. The molecule has 0 saturated heterocycles. The third-order valence-electron chi connectivity index (χ3n) is 2.77. The van der Waals surface area contributed by atoms with Crippen molar-refractivity contribution in [3.63, 3.8) is 0 Å². The van der Waals surface area contributed by atoms with Crippen molar-refractivity contribution < 1.29 is 9.53 Å².